The van der Waals surface area contributed by atoms with E-state index in [0.29, 0.717) is 24.7 Å². The van der Waals surface area contributed by atoms with Crippen molar-refractivity contribution in [3.8, 4) is 0 Å². The molecule has 1 aliphatic rings. The van der Waals surface area contributed by atoms with Gasteiger partial charge in [0.1, 0.15) is 0 Å². The van der Waals surface area contributed by atoms with Crippen molar-refractivity contribution < 1.29 is 4.79 Å². The molecule has 1 aromatic carbocycles. The van der Waals surface area contributed by atoms with Crippen molar-refractivity contribution in [3.05, 3.63) is 52.8 Å². The fourth-order valence-electron chi connectivity index (χ4n) is 3.17. The van der Waals surface area contributed by atoms with E-state index in [-0.39, 0.29) is 24.2 Å². The Labute approximate surface area is 153 Å². The van der Waals surface area contributed by atoms with E-state index in [4.69, 9.17) is 17.3 Å². The van der Waals surface area contributed by atoms with Crippen LogP contribution in [0.4, 0.5) is 0 Å². The molecule has 0 fully saturated rings. The average molecular weight is 369 g/mol. The molecule has 0 bridgehead atoms. The number of halogens is 2. The van der Waals surface area contributed by atoms with Gasteiger partial charge in [0, 0.05) is 37.4 Å². The molecule has 7 heteroatoms. The van der Waals surface area contributed by atoms with E-state index in [1.807, 2.05) is 39.9 Å². The highest BCUT2D eigenvalue weighted by Crippen LogP contribution is 2.29. The predicted octanol–water partition coefficient (Wildman–Crippen LogP) is 2.82. The number of aromatic nitrogens is 2. The minimum atomic E-state index is -0.128. The molecule has 0 unspecified atom stereocenters. The number of nitrogens with zero attached hydrogens (tertiary/aromatic N) is 3. The molecule has 2 heterocycles. The predicted molar refractivity (Wildman–Crippen MR) is 97.4 cm³/mol. The quantitative estimate of drug-likeness (QED) is 0.882. The maximum Gasteiger partial charge on any atom is 0.232 e. The summed E-state index contributed by atoms with van der Waals surface area (Å²) < 4.78 is 1.94. The van der Waals surface area contributed by atoms with Crippen molar-refractivity contribution in [2.24, 2.45) is 5.73 Å². The molecule has 0 radical (unpaired) electrons. The van der Waals surface area contributed by atoms with Crippen LogP contribution in [0.1, 0.15) is 30.0 Å². The van der Waals surface area contributed by atoms with Crippen molar-refractivity contribution >= 4 is 29.9 Å². The summed E-state index contributed by atoms with van der Waals surface area (Å²) in [6.45, 7) is 2.40. The Kier molecular flexibility index (Phi) is 6.66. The first-order valence-electron chi connectivity index (χ1n) is 7.94. The van der Waals surface area contributed by atoms with Gasteiger partial charge in [0.25, 0.3) is 0 Å². The Morgan fingerprint density at radius 2 is 2.25 bits per heavy atom. The number of aryl methyl sites for hydroxylation is 1. The summed E-state index contributed by atoms with van der Waals surface area (Å²) in [4.78, 5) is 14.9. The fourth-order valence-corrected chi connectivity index (χ4v) is 3.38. The molecule has 0 aliphatic carbocycles. The number of fused-ring (bicyclic) bond motifs is 1. The summed E-state index contributed by atoms with van der Waals surface area (Å²) in [5, 5.41) is 4.97. The molecule has 0 spiro atoms. The van der Waals surface area contributed by atoms with Gasteiger partial charge in [-0.15, -0.1) is 12.4 Å². The van der Waals surface area contributed by atoms with E-state index >= 15 is 0 Å². The topological polar surface area (TPSA) is 64.2 Å². The molecule has 1 amide bonds. The first kappa shape index (κ1) is 18.8. The second-order valence-electron chi connectivity index (χ2n) is 5.85. The zero-order valence-corrected chi connectivity index (χ0v) is 15.0. The molecular weight excluding hydrogens is 347 g/mol. The van der Waals surface area contributed by atoms with Crippen LogP contribution in [-0.4, -0.2) is 33.7 Å². The molecule has 5 nitrogen and oxygen atoms in total. The minimum absolute atomic E-state index is 0. The van der Waals surface area contributed by atoms with Gasteiger partial charge >= 0.3 is 0 Å². The summed E-state index contributed by atoms with van der Waals surface area (Å²) in [5.74, 6) is -0.00569. The molecule has 3 rings (SSSR count). The zero-order chi connectivity index (χ0) is 16.2. The van der Waals surface area contributed by atoms with Gasteiger partial charge in [-0.1, -0.05) is 23.7 Å². The number of benzene rings is 1. The first-order valence-corrected chi connectivity index (χ1v) is 8.32. The Hall–Kier alpha value is -1.56. The Morgan fingerprint density at radius 1 is 1.42 bits per heavy atom. The van der Waals surface area contributed by atoms with E-state index in [2.05, 4.69) is 5.10 Å². The average Bonchev–Trinajstić information content (AvgIpc) is 3.02. The number of hydrogen-bond donors (Lipinski definition) is 1. The lowest BCUT2D eigenvalue weighted by Crippen LogP contribution is -2.39. The van der Waals surface area contributed by atoms with Crippen LogP contribution in [-0.2, 0) is 17.9 Å². The van der Waals surface area contributed by atoms with Crippen LogP contribution in [0.25, 0.3) is 0 Å². The third-order valence-electron chi connectivity index (χ3n) is 4.24. The standard InChI is InChI=1S/C17H21ClN4O.ClH/c18-14-4-1-3-13(11-14)12-21(10-7-19)17(23)15-5-2-9-22-16(15)6-8-20-22;/h1,3-4,6,8,11,15H,2,5,7,9-10,12,19H2;1H/t15-;/m1./s1. The summed E-state index contributed by atoms with van der Waals surface area (Å²) in [6, 6.07) is 9.55. The van der Waals surface area contributed by atoms with Gasteiger partial charge in [-0.2, -0.15) is 5.10 Å². The Bertz CT molecular complexity index is 689. The second-order valence-corrected chi connectivity index (χ2v) is 6.29. The molecular formula is C17H22Cl2N4O. The van der Waals surface area contributed by atoms with Gasteiger partial charge in [0.15, 0.2) is 0 Å². The van der Waals surface area contributed by atoms with Gasteiger partial charge in [-0.25, -0.2) is 0 Å². The van der Waals surface area contributed by atoms with Crippen molar-refractivity contribution in [3.63, 3.8) is 0 Å². The molecule has 24 heavy (non-hydrogen) atoms. The van der Waals surface area contributed by atoms with E-state index in [1.165, 1.54) is 0 Å². The zero-order valence-electron chi connectivity index (χ0n) is 13.4. The lowest BCUT2D eigenvalue weighted by Gasteiger charge is -2.30. The van der Waals surface area contributed by atoms with Crippen LogP contribution >= 0.6 is 24.0 Å². The van der Waals surface area contributed by atoms with Gasteiger partial charge in [-0.05, 0) is 36.6 Å². The fraction of sp³-hybridized carbons (Fsp3) is 0.412. The van der Waals surface area contributed by atoms with Gasteiger partial charge in [0.2, 0.25) is 5.91 Å². The monoisotopic (exact) mass is 368 g/mol. The van der Waals surface area contributed by atoms with Crippen LogP contribution < -0.4 is 5.73 Å². The lowest BCUT2D eigenvalue weighted by atomic mass is 9.94. The summed E-state index contributed by atoms with van der Waals surface area (Å²) in [7, 11) is 0. The summed E-state index contributed by atoms with van der Waals surface area (Å²) in [5.41, 5.74) is 7.74. The molecule has 0 saturated heterocycles. The van der Waals surface area contributed by atoms with E-state index in [0.717, 1.165) is 30.6 Å². The highest BCUT2D eigenvalue weighted by Gasteiger charge is 2.30. The third-order valence-corrected chi connectivity index (χ3v) is 4.48. The molecule has 0 saturated carbocycles. The lowest BCUT2D eigenvalue weighted by molar-refractivity contribution is -0.134. The van der Waals surface area contributed by atoms with Crippen LogP contribution in [0, 0.1) is 0 Å². The van der Waals surface area contributed by atoms with Crippen molar-refractivity contribution in [2.45, 2.75) is 31.8 Å². The second kappa shape index (κ2) is 8.51. The highest BCUT2D eigenvalue weighted by atomic mass is 35.5. The van der Waals surface area contributed by atoms with Crippen LogP contribution in [0.3, 0.4) is 0 Å². The van der Waals surface area contributed by atoms with E-state index < -0.39 is 0 Å². The summed E-state index contributed by atoms with van der Waals surface area (Å²) >= 11 is 6.05. The smallest absolute Gasteiger partial charge is 0.232 e. The largest absolute Gasteiger partial charge is 0.337 e. The molecule has 1 aliphatic heterocycles. The number of rotatable bonds is 5. The van der Waals surface area contributed by atoms with Crippen LogP contribution in [0.2, 0.25) is 5.02 Å². The normalized spacial score (nSPS) is 16.2. The Balaban J connectivity index is 0.00000208. The molecule has 130 valence electrons. The number of carbonyl (C=O) groups excluding carboxylic acids is 1. The first-order chi connectivity index (χ1) is 11.2. The number of amides is 1. The third kappa shape index (κ3) is 4.09. The molecule has 1 atom stereocenters. The highest BCUT2D eigenvalue weighted by molar-refractivity contribution is 6.30. The Morgan fingerprint density at radius 3 is 3.00 bits per heavy atom. The molecule has 2 N–H and O–H groups in total. The van der Waals surface area contributed by atoms with E-state index in [1.54, 1.807) is 6.20 Å². The van der Waals surface area contributed by atoms with Gasteiger partial charge < -0.3 is 10.6 Å². The van der Waals surface area contributed by atoms with Crippen molar-refractivity contribution in [1.82, 2.24) is 14.7 Å². The van der Waals surface area contributed by atoms with Crippen molar-refractivity contribution in [2.75, 3.05) is 13.1 Å². The van der Waals surface area contributed by atoms with Gasteiger partial charge in [-0.3, -0.25) is 9.48 Å². The van der Waals surface area contributed by atoms with Crippen LogP contribution in [0.15, 0.2) is 36.5 Å². The maximum absolute atomic E-state index is 13.0. The van der Waals surface area contributed by atoms with Crippen LogP contribution in [0.5, 0.6) is 0 Å². The molecule has 1 aromatic heterocycles. The summed E-state index contributed by atoms with van der Waals surface area (Å²) in [6.07, 6.45) is 3.60. The molecule has 2 aromatic rings. The van der Waals surface area contributed by atoms with Gasteiger partial charge in [0.05, 0.1) is 11.6 Å². The number of nitrogens with two attached hydrogens (primary N) is 1. The van der Waals surface area contributed by atoms with E-state index in [9.17, 15) is 4.79 Å². The number of hydrogen-bond acceptors (Lipinski definition) is 3. The SMILES string of the molecule is Cl.NCCN(Cc1cccc(Cl)c1)C(=O)[C@@H]1CCCn2nccc21. The number of carbonyl (C=O) groups is 1. The maximum atomic E-state index is 13.0. The van der Waals surface area contributed by atoms with Crippen molar-refractivity contribution in [1.29, 1.82) is 0 Å². The minimum Gasteiger partial charge on any atom is -0.337 e.